The van der Waals surface area contributed by atoms with Gasteiger partial charge in [0.1, 0.15) is 5.82 Å². The zero-order valence-electron chi connectivity index (χ0n) is 15.4. The number of para-hydroxylation sites is 2. The molecule has 0 aliphatic carbocycles. The van der Waals surface area contributed by atoms with Gasteiger partial charge in [0.15, 0.2) is 5.82 Å². The summed E-state index contributed by atoms with van der Waals surface area (Å²) in [5.41, 5.74) is 5.58. The van der Waals surface area contributed by atoms with Gasteiger partial charge >= 0.3 is 0 Å². The van der Waals surface area contributed by atoms with Crippen LogP contribution in [0, 0.1) is 12.7 Å². The van der Waals surface area contributed by atoms with Crippen molar-refractivity contribution in [1.29, 1.82) is 0 Å². The summed E-state index contributed by atoms with van der Waals surface area (Å²) in [5.74, 6) is 0.358. The number of nitrogens with one attached hydrogen (secondary N) is 2. The van der Waals surface area contributed by atoms with E-state index in [4.69, 9.17) is 0 Å². The van der Waals surface area contributed by atoms with E-state index in [1.807, 2.05) is 48.5 Å². The van der Waals surface area contributed by atoms with Gasteiger partial charge in [0, 0.05) is 11.3 Å². The molecule has 138 valence electrons. The molecule has 0 atom stereocenters. The number of benzene rings is 3. The highest BCUT2D eigenvalue weighted by Gasteiger charge is 2.06. The van der Waals surface area contributed by atoms with Crippen LogP contribution in [0.1, 0.15) is 5.56 Å². The molecule has 2 N–H and O–H groups in total. The van der Waals surface area contributed by atoms with Gasteiger partial charge in [-0.1, -0.05) is 29.8 Å². The summed E-state index contributed by atoms with van der Waals surface area (Å²) in [5, 5.41) is 15.2. The quantitative estimate of drug-likeness (QED) is 0.447. The Hall–Kier alpha value is -3.73. The normalized spacial score (nSPS) is 10.5. The van der Waals surface area contributed by atoms with Crippen LogP contribution in [-0.2, 0) is 0 Å². The zero-order chi connectivity index (χ0) is 19.3. The van der Waals surface area contributed by atoms with E-state index >= 15 is 0 Å². The number of aryl methyl sites for hydroxylation is 1. The third kappa shape index (κ3) is 4.15. The van der Waals surface area contributed by atoms with Gasteiger partial charge in [0.2, 0.25) is 0 Å². The van der Waals surface area contributed by atoms with Gasteiger partial charge in [-0.15, -0.1) is 10.2 Å². The summed E-state index contributed by atoms with van der Waals surface area (Å²) in [7, 11) is 0. The summed E-state index contributed by atoms with van der Waals surface area (Å²) in [6.45, 7) is 2.06. The Bertz CT molecular complexity index is 1060. The number of aromatic nitrogens is 2. The predicted molar refractivity (Wildman–Crippen MR) is 112 cm³/mol. The maximum absolute atomic E-state index is 13.1. The molecule has 0 aliphatic rings. The standard InChI is InChI=1S/C23H19FN4/c1-16-6-12-19(13-7-16)25-21-4-2-3-5-22(21)26-23-15-14-20(27-28-23)17-8-10-18(24)11-9-17/h2-15,25H,1H3,(H,26,28). The zero-order valence-corrected chi connectivity index (χ0v) is 15.4. The van der Waals surface area contributed by atoms with E-state index in [0.29, 0.717) is 11.5 Å². The summed E-state index contributed by atoms with van der Waals surface area (Å²) < 4.78 is 13.1. The highest BCUT2D eigenvalue weighted by atomic mass is 19.1. The van der Waals surface area contributed by atoms with Gasteiger partial charge in [0.05, 0.1) is 17.1 Å². The first-order valence-electron chi connectivity index (χ1n) is 8.97. The van der Waals surface area contributed by atoms with Crippen LogP contribution in [0.2, 0.25) is 0 Å². The van der Waals surface area contributed by atoms with Crippen LogP contribution in [0.4, 0.5) is 27.3 Å². The maximum atomic E-state index is 13.1. The third-order valence-corrected chi connectivity index (χ3v) is 4.32. The van der Waals surface area contributed by atoms with E-state index in [0.717, 1.165) is 22.6 Å². The summed E-state index contributed by atoms with van der Waals surface area (Å²) in [6, 6.07) is 26.1. The third-order valence-electron chi connectivity index (χ3n) is 4.32. The number of nitrogens with zero attached hydrogens (tertiary/aromatic N) is 2. The van der Waals surface area contributed by atoms with Crippen molar-refractivity contribution in [1.82, 2.24) is 10.2 Å². The van der Waals surface area contributed by atoms with Gasteiger partial charge in [-0.05, 0) is 67.6 Å². The highest BCUT2D eigenvalue weighted by molar-refractivity contribution is 5.77. The molecule has 1 aromatic heterocycles. The SMILES string of the molecule is Cc1ccc(Nc2ccccc2Nc2ccc(-c3ccc(F)cc3)nn2)cc1. The lowest BCUT2D eigenvalue weighted by molar-refractivity contribution is 0.628. The molecule has 0 amide bonds. The average Bonchev–Trinajstić information content (AvgIpc) is 2.72. The van der Waals surface area contributed by atoms with Crippen LogP contribution in [0.3, 0.4) is 0 Å². The second-order valence-corrected chi connectivity index (χ2v) is 6.47. The molecule has 0 unspecified atom stereocenters. The second kappa shape index (κ2) is 7.88. The van der Waals surface area contributed by atoms with Crippen molar-refractivity contribution in [3.8, 4) is 11.3 Å². The van der Waals surface area contributed by atoms with Crippen LogP contribution in [0.5, 0.6) is 0 Å². The van der Waals surface area contributed by atoms with Crippen LogP contribution in [0.15, 0.2) is 84.9 Å². The van der Waals surface area contributed by atoms with Crippen molar-refractivity contribution >= 4 is 22.9 Å². The fraction of sp³-hybridized carbons (Fsp3) is 0.0435. The first kappa shape index (κ1) is 17.7. The lowest BCUT2D eigenvalue weighted by atomic mass is 10.1. The van der Waals surface area contributed by atoms with Crippen molar-refractivity contribution in [2.45, 2.75) is 6.92 Å². The molecule has 4 nitrogen and oxygen atoms in total. The topological polar surface area (TPSA) is 49.8 Å². The van der Waals surface area contributed by atoms with Crippen molar-refractivity contribution in [2.75, 3.05) is 10.6 Å². The molecule has 4 aromatic rings. The first-order valence-corrected chi connectivity index (χ1v) is 8.97. The summed E-state index contributed by atoms with van der Waals surface area (Å²) in [6.07, 6.45) is 0. The van der Waals surface area contributed by atoms with Gasteiger partial charge in [-0.2, -0.15) is 0 Å². The van der Waals surface area contributed by atoms with Crippen molar-refractivity contribution < 1.29 is 4.39 Å². The van der Waals surface area contributed by atoms with E-state index in [-0.39, 0.29) is 5.82 Å². The van der Waals surface area contributed by atoms with Crippen molar-refractivity contribution in [3.63, 3.8) is 0 Å². The number of hydrogen-bond acceptors (Lipinski definition) is 4. The minimum atomic E-state index is -0.271. The molecule has 0 spiro atoms. The minimum absolute atomic E-state index is 0.271. The fourth-order valence-electron chi connectivity index (χ4n) is 2.81. The maximum Gasteiger partial charge on any atom is 0.153 e. The minimum Gasteiger partial charge on any atom is -0.354 e. The van der Waals surface area contributed by atoms with Crippen LogP contribution in [0.25, 0.3) is 11.3 Å². The first-order chi connectivity index (χ1) is 13.7. The molecule has 28 heavy (non-hydrogen) atoms. The average molecular weight is 370 g/mol. The number of hydrogen-bond donors (Lipinski definition) is 2. The molecule has 3 aromatic carbocycles. The molecule has 0 aliphatic heterocycles. The molecule has 0 saturated heterocycles. The molecule has 4 rings (SSSR count). The predicted octanol–water partition coefficient (Wildman–Crippen LogP) is 6.08. The van der Waals surface area contributed by atoms with E-state index in [1.165, 1.54) is 17.7 Å². The Morgan fingerprint density at radius 2 is 1.36 bits per heavy atom. The lowest BCUT2D eigenvalue weighted by Gasteiger charge is -2.13. The fourth-order valence-corrected chi connectivity index (χ4v) is 2.81. The Morgan fingerprint density at radius 3 is 2.00 bits per heavy atom. The van der Waals surface area contributed by atoms with E-state index in [2.05, 4.69) is 39.9 Å². The van der Waals surface area contributed by atoms with E-state index in [1.54, 1.807) is 12.1 Å². The Kier molecular flexibility index (Phi) is 4.97. The highest BCUT2D eigenvalue weighted by Crippen LogP contribution is 2.28. The smallest absolute Gasteiger partial charge is 0.153 e. The van der Waals surface area contributed by atoms with Gasteiger partial charge < -0.3 is 10.6 Å². The Balaban J connectivity index is 1.52. The molecule has 1 heterocycles. The largest absolute Gasteiger partial charge is 0.354 e. The monoisotopic (exact) mass is 370 g/mol. The molecular weight excluding hydrogens is 351 g/mol. The van der Waals surface area contributed by atoms with Crippen molar-refractivity contribution in [3.05, 3.63) is 96.3 Å². The van der Waals surface area contributed by atoms with Gasteiger partial charge in [-0.25, -0.2) is 4.39 Å². The number of anilines is 4. The molecule has 0 fully saturated rings. The van der Waals surface area contributed by atoms with E-state index in [9.17, 15) is 4.39 Å². The van der Waals surface area contributed by atoms with Crippen LogP contribution < -0.4 is 10.6 Å². The van der Waals surface area contributed by atoms with Crippen LogP contribution in [-0.4, -0.2) is 10.2 Å². The number of halogens is 1. The lowest BCUT2D eigenvalue weighted by Crippen LogP contribution is -2.00. The van der Waals surface area contributed by atoms with Crippen molar-refractivity contribution in [2.24, 2.45) is 0 Å². The molecule has 0 bridgehead atoms. The number of rotatable bonds is 5. The summed E-state index contributed by atoms with van der Waals surface area (Å²) >= 11 is 0. The Labute approximate surface area is 163 Å². The van der Waals surface area contributed by atoms with E-state index < -0.39 is 0 Å². The molecule has 0 saturated carbocycles. The van der Waals surface area contributed by atoms with Gasteiger partial charge in [0.25, 0.3) is 0 Å². The Morgan fingerprint density at radius 1 is 0.679 bits per heavy atom. The second-order valence-electron chi connectivity index (χ2n) is 6.47. The van der Waals surface area contributed by atoms with Crippen LogP contribution >= 0.6 is 0 Å². The molecule has 0 radical (unpaired) electrons. The summed E-state index contributed by atoms with van der Waals surface area (Å²) in [4.78, 5) is 0. The van der Waals surface area contributed by atoms with Gasteiger partial charge in [-0.3, -0.25) is 0 Å². The molecular formula is C23H19FN4. The molecule has 5 heteroatoms.